The average molecular weight is 359 g/mol. The maximum Gasteiger partial charge on any atom is 0.0991 e. The van der Waals surface area contributed by atoms with Gasteiger partial charge in [0.25, 0.3) is 0 Å². The standard InChI is InChI=1S/C23H22N2S/c24-14-16-8-11-22-20(13-16)23(19-6-1-2-7-21(19)26-22)17-9-10-18-5-3-4-12-25(18)15-17/h1-2,6-8,11,13,18H,3-5,9-10,12,15H2. The molecule has 2 fully saturated rings. The molecule has 0 aliphatic carbocycles. The summed E-state index contributed by atoms with van der Waals surface area (Å²) in [5.74, 6) is 0. The first kappa shape index (κ1) is 16.2. The van der Waals surface area contributed by atoms with Crippen molar-refractivity contribution in [2.75, 3.05) is 13.1 Å². The van der Waals surface area contributed by atoms with E-state index in [-0.39, 0.29) is 0 Å². The fourth-order valence-corrected chi connectivity index (χ4v) is 5.83. The number of rotatable bonds is 0. The molecule has 3 aliphatic rings. The van der Waals surface area contributed by atoms with E-state index >= 15 is 0 Å². The van der Waals surface area contributed by atoms with Gasteiger partial charge in [0.05, 0.1) is 11.6 Å². The minimum absolute atomic E-state index is 0.758. The molecule has 0 spiro atoms. The van der Waals surface area contributed by atoms with E-state index in [9.17, 15) is 5.26 Å². The van der Waals surface area contributed by atoms with Gasteiger partial charge in [0.15, 0.2) is 0 Å². The molecule has 26 heavy (non-hydrogen) atoms. The molecule has 3 heteroatoms. The maximum atomic E-state index is 9.40. The van der Waals surface area contributed by atoms with Crippen LogP contribution in [0.15, 0.2) is 57.8 Å². The Kier molecular flexibility index (Phi) is 4.11. The molecule has 1 unspecified atom stereocenters. The number of piperidine rings is 2. The molecule has 2 nitrogen and oxygen atoms in total. The minimum atomic E-state index is 0.758. The quantitative estimate of drug-likeness (QED) is 0.533. The zero-order chi connectivity index (χ0) is 17.5. The predicted octanol–water partition coefficient (Wildman–Crippen LogP) is 5.47. The van der Waals surface area contributed by atoms with Gasteiger partial charge in [-0.2, -0.15) is 5.26 Å². The Morgan fingerprint density at radius 2 is 1.88 bits per heavy atom. The molecule has 1 atom stereocenters. The molecular formula is C23H22N2S. The van der Waals surface area contributed by atoms with Gasteiger partial charge in [0.2, 0.25) is 0 Å². The smallest absolute Gasteiger partial charge is 0.0991 e. The fraction of sp³-hybridized carbons (Fsp3) is 0.348. The summed E-state index contributed by atoms with van der Waals surface area (Å²) in [6.07, 6.45) is 6.55. The van der Waals surface area contributed by atoms with Gasteiger partial charge in [0.1, 0.15) is 0 Å². The second-order valence-corrected chi connectivity index (χ2v) is 8.64. The van der Waals surface area contributed by atoms with Crippen LogP contribution in [0.2, 0.25) is 0 Å². The lowest BCUT2D eigenvalue weighted by atomic mass is 9.84. The molecule has 0 radical (unpaired) electrons. The largest absolute Gasteiger partial charge is 0.296 e. The molecule has 2 aromatic rings. The highest BCUT2D eigenvalue weighted by Crippen LogP contribution is 2.48. The van der Waals surface area contributed by atoms with Gasteiger partial charge in [-0.15, -0.1) is 0 Å². The third-order valence-electron chi connectivity index (χ3n) is 6.03. The van der Waals surface area contributed by atoms with Crippen molar-refractivity contribution in [1.29, 1.82) is 5.26 Å². The minimum Gasteiger partial charge on any atom is -0.296 e. The number of fused-ring (bicyclic) bond motifs is 3. The SMILES string of the molecule is N#Cc1ccc2c(c1)C(=C1CCC3CCCCN3C1)c1ccccc1S2. The van der Waals surface area contributed by atoms with Gasteiger partial charge in [-0.25, -0.2) is 0 Å². The van der Waals surface area contributed by atoms with Crippen LogP contribution in [0.1, 0.15) is 48.8 Å². The number of hydrogen-bond donors (Lipinski definition) is 0. The number of hydrogen-bond acceptors (Lipinski definition) is 3. The molecule has 5 rings (SSSR count). The highest BCUT2D eigenvalue weighted by Gasteiger charge is 2.31. The fourth-order valence-electron chi connectivity index (χ4n) is 4.75. The molecule has 130 valence electrons. The molecular weight excluding hydrogens is 336 g/mol. The molecule has 0 saturated carbocycles. The summed E-state index contributed by atoms with van der Waals surface area (Å²) in [5.41, 5.74) is 6.33. The Balaban J connectivity index is 1.67. The molecule has 0 bridgehead atoms. The first-order valence-electron chi connectivity index (χ1n) is 9.61. The zero-order valence-electron chi connectivity index (χ0n) is 14.9. The predicted molar refractivity (Wildman–Crippen MR) is 106 cm³/mol. The van der Waals surface area contributed by atoms with Crippen molar-refractivity contribution < 1.29 is 0 Å². The normalized spacial score (nSPS) is 25.0. The molecule has 2 aromatic carbocycles. The molecule has 3 heterocycles. The lowest BCUT2D eigenvalue weighted by Gasteiger charge is -2.41. The lowest BCUT2D eigenvalue weighted by Crippen LogP contribution is -2.43. The van der Waals surface area contributed by atoms with Crippen molar-refractivity contribution in [2.45, 2.75) is 47.9 Å². The van der Waals surface area contributed by atoms with Crippen molar-refractivity contribution in [2.24, 2.45) is 0 Å². The molecule has 0 N–H and O–H groups in total. The summed E-state index contributed by atoms with van der Waals surface area (Å²) in [6, 6.07) is 18.0. The maximum absolute atomic E-state index is 9.40. The van der Waals surface area contributed by atoms with E-state index in [0.717, 1.165) is 18.2 Å². The number of nitrogens with zero attached hydrogens (tertiary/aromatic N) is 2. The van der Waals surface area contributed by atoms with Crippen LogP contribution in [-0.2, 0) is 0 Å². The number of benzene rings is 2. The number of nitriles is 1. The van der Waals surface area contributed by atoms with Crippen molar-refractivity contribution >= 4 is 17.3 Å². The van der Waals surface area contributed by atoms with Gasteiger partial charge < -0.3 is 0 Å². The summed E-state index contributed by atoms with van der Waals surface area (Å²) < 4.78 is 0. The van der Waals surface area contributed by atoms with Gasteiger partial charge in [-0.1, -0.05) is 36.4 Å². The Bertz CT molecular complexity index is 937. The topological polar surface area (TPSA) is 27.0 Å². The Labute approximate surface area is 159 Å². The van der Waals surface area contributed by atoms with E-state index in [0.29, 0.717) is 0 Å². The first-order valence-corrected chi connectivity index (χ1v) is 10.4. The van der Waals surface area contributed by atoms with Crippen LogP contribution in [0.5, 0.6) is 0 Å². The van der Waals surface area contributed by atoms with Crippen LogP contribution in [0.3, 0.4) is 0 Å². The highest BCUT2D eigenvalue weighted by atomic mass is 32.2. The van der Waals surface area contributed by atoms with E-state index in [1.54, 1.807) is 5.57 Å². The van der Waals surface area contributed by atoms with Crippen LogP contribution in [0.25, 0.3) is 5.57 Å². The molecule has 2 saturated heterocycles. The van der Waals surface area contributed by atoms with E-state index in [1.807, 2.05) is 17.8 Å². The van der Waals surface area contributed by atoms with Crippen LogP contribution >= 0.6 is 11.8 Å². The summed E-state index contributed by atoms with van der Waals surface area (Å²) >= 11 is 1.84. The van der Waals surface area contributed by atoms with Gasteiger partial charge in [-0.3, -0.25) is 4.90 Å². The second kappa shape index (κ2) is 6.61. The first-order chi connectivity index (χ1) is 12.8. The lowest BCUT2D eigenvalue weighted by molar-refractivity contribution is 0.133. The zero-order valence-corrected chi connectivity index (χ0v) is 15.7. The molecule has 0 amide bonds. The summed E-state index contributed by atoms with van der Waals surface area (Å²) in [5, 5.41) is 9.40. The molecule has 3 aliphatic heterocycles. The monoisotopic (exact) mass is 358 g/mol. The summed E-state index contributed by atoms with van der Waals surface area (Å²) in [4.78, 5) is 5.33. The highest BCUT2D eigenvalue weighted by molar-refractivity contribution is 7.99. The Morgan fingerprint density at radius 1 is 1.00 bits per heavy atom. The summed E-state index contributed by atoms with van der Waals surface area (Å²) in [7, 11) is 0. The second-order valence-electron chi connectivity index (χ2n) is 7.56. The van der Waals surface area contributed by atoms with E-state index in [2.05, 4.69) is 47.4 Å². The average Bonchev–Trinajstić information content (AvgIpc) is 2.71. The van der Waals surface area contributed by atoms with E-state index in [4.69, 9.17) is 0 Å². The third kappa shape index (κ3) is 2.69. The van der Waals surface area contributed by atoms with Gasteiger partial charge in [0, 0.05) is 22.4 Å². The van der Waals surface area contributed by atoms with Crippen molar-refractivity contribution in [3.63, 3.8) is 0 Å². The van der Waals surface area contributed by atoms with Crippen LogP contribution in [-0.4, -0.2) is 24.0 Å². The molecule has 0 aromatic heterocycles. The van der Waals surface area contributed by atoms with Gasteiger partial charge >= 0.3 is 0 Å². The summed E-state index contributed by atoms with van der Waals surface area (Å²) in [6.45, 7) is 2.33. The van der Waals surface area contributed by atoms with Gasteiger partial charge in [-0.05, 0) is 78.8 Å². The van der Waals surface area contributed by atoms with E-state index < -0.39 is 0 Å². The Morgan fingerprint density at radius 3 is 2.81 bits per heavy atom. The van der Waals surface area contributed by atoms with Crippen molar-refractivity contribution in [3.05, 3.63) is 64.7 Å². The van der Waals surface area contributed by atoms with Crippen LogP contribution in [0, 0.1) is 11.3 Å². The van der Waals surface area contributed by atoms with Crippen molar-refractivity contribution in [3.8, 4) is 6.07 Å². The van der Waals surface area contributed by atoms with Crippen LogP contribution < -0.4 is 0 Å². The van der Waals surface area contributed by atoms with Crippen LogP contribution in [0.4, 0.5) is 0 Å². The van der Waals surface area contributed by atoms with Crippen molar-refractivity contribution in [1.82, 2.24) is 4.90 Å². The van der Waals surface area contributed by atoms with E-state index in [1.165, 1.54) is 65.1 Å². The third-order valence-corrected chi connectivity index (χ3v) is 7.18. The Hall–Kier alpha value is -2.02.